The van der Waals surface area contributed by atoms with Gasteiger partial charge in [0.05, 0.1) is 0 Å². The summed E-state index contributed by atoms with van der Waals surface area (Å²) >= 11 is 5.81. The molecule has 17 heavy (non-hydrogen) atoms. The summed E-state index contributed by atoms with van der Waals surface area (Å²) in [6, 6.07) is 3.03. The number of aliphatic carboxylic acids is 1. The van der Waals surface area contributed by atoms with Gasteiger partial charge >= 0.3 is 5.97 Å². The molecule has 0 bridgehead atoms. The lowest BCUT2D eigenvalue weighted by atomic mass is 10.4. The summed E-state index contributed by atoms with van der Waals surface area (Å²) in [5, 5.41) is 8.47. The van der Waals surface area contributed by atoms with Gasteiger partial charge in [-0.15, -0.1) is 0 Å². The lowest BCUT2D eigenvalue weighted by molar-refractivity contribution is -0.139. The van der Waals surface area contributed by atoms with Crippen molar-refractivity contribution < 1.29 is 18.8 Å². The third-order valence-electron chi connectivity index (χ3n) is 1.86. The zero-order chi connectivity index (χ0) is 13.0. The standard InChI is InChI=1S/C9H11ClN2O4S/c1-12(17(2)15)7-4-3-6(9(10)11-7)16-5-8(13)14/h3-4H,5H2,1-2H3,(H,13,14). The Balaban J connectivity index is 2.86. The van der Waals surface area contributed by atoms with Crippen LogP contribution in [0.3, 0.4) is 0 Å². The van der Waals surface area contributed by atoms with Crippen LogP contribution in [0.2, 0.25) is 5.15 Å². The van der Waals surface area contributed by atoms with E-state index < -0.39 is 23.6 Å². The van der Waals surface area contributed by atoms with Crippen LogP contribution in [-0.2, 0) is 15.8 Å². The van der Waals surface area contributed by atoms with Crippen molar-refractivity contribution in [3.63, 3.8) is 0 Å². The average Bonchev–Trinajstić information content (AvgIpc) is 2.26. The van der Waals surface area contributed by atoms with Gasteiger partial charge in [0.2, 0.25) is 0 Å². The van der Waals surface area contributed by atoms with Crippen molar-refractivity contribution in [1.29, 1.82) is 0 Å². The molecule has 1 N–H and O–H groups in total. The Bertz CT molecular complexity index is 455. The molecular formula is C9H11ClN2O4S. The fourth-order valence-electron chi connectivity index (χ4n) is 0.966. The number of carboxylic acid groups (broad SMARTS) is 1. The van der Waals surface area contributed by atoms with Crippen LogP contribution in [0, 0.1) is 0 Å². The fourth-order valence-corrected chi connectivity index (χ4v) is 1.54. The fraction of sp³-hybridized carbons (Fsp3) is 0.333. The molecule has 0 amide bonds. The number of pyridine rings is 1. The molecule has 1 atom stereocenters. The van der Waals surface area contributed by atoms with Gasteiger partial charge in [0.1, 0.15) is 16.8 Å². The van der Waals surface area contributed by atoms with E-state index in [2.05, 4.69) is 4.98 Å². The molecule has 0 aromatic carbocycles. The van der Waals surface area contributed by atoms with Crippen molar-refractivity contribution in [2.24, 2.45) is 0 Å². The number of anilines is 1. The first-order valence-corrected chi connectivity index (χ1v) is 6.39. The molecular weight excluding hydrogens is 268 g/mol. The smallest absolute Gasteiger partial charge is 0.341 e. The van der Waals surface area contributed by atoms with E-state index in [1.165, 1.54) is 16.6 Å². The lowest BCUT2D eigenvalue weighted by Crippen LogP contribution is -2.20. The molecule has 0 aliphatic rings. The molecule has 0 spiro atoms. The maximum Gasteiger partial charge on any atom is 0.341 e. The SMILES string of the molecule is CN(c1ccc(OCC(=O)O)c(Cl)n1)S(C)=O. The number of nitrogens with zero attached hydrogens (tertiary/aromatic N) is 2. The topological polar surface area (TPSA) is 79.7 Å². The highest BCUT2D eigenvalue weighted by molar-refractivity contribution is 7.85. The zero-order valence-electron chi connectivity index (χ0n) is 9.21. The van der Waals surface area contributed by atoms with Crippen molar-refractivity contribution in [1.82, 2.24) is 4.98 Å². The van der Waals surface area contributed by atoms with Gasteiger partial charge in [-0.05, 0) is 12.1 Å². The average molecular weight is 279 g/mol. The zero-order valence-corrected chi connectivity index (χ0v) is 10.8. The first-order valence-electron chi connectivity index (χ1n) is 4.50. The molecule has 1 rings (SSSR count). The van der Waals surface area contributed by atoms with Crippen molar-refractivity contribution >= 4 is 34.4 Å². The van der Waals surface area contributed by atoms with Crippen LogP contribution >= 0.6 is 11.6 Å². The molecule has 0 radical (unpaired) electrons. The van der Waals surface area contributed by atoms with Crippen LogP contribution in [-0.4, -0.2) is 40.2 Å². The molecule has 0 saturated heterocycles. The molecule has 94 valence electrons. The number of halogens is 1. The van der Waals surface area contributed by atoms with Gasteiger partial charge in [0.15, 0.2) is 17.5 Å². The predicted octanol–water partition coefficient (Wildman–Crippen LogP) is 0.928. The number of carboxylic acids is 1. The predicted molar refractivity (Wildman–Crippen MR) is 64.8 cm³/mol. The molecule has 1 heterocycles. The van der Waals surface area contributed by atoms with Gasteiger partial charge < -0.3 is 9.84 Å². The van der Waals surface area contributed by atoms with Crippen LogP contribution in [0.5, 0.6) is 5.75 Å². The highest BCUT2D eigenvalue weighted by Crippen LogP contribution is 2.25. The first kappa shape index (κ1) is 13.7. The maximum absolute atomic E-state index is 11.2. The second kappa shape index (κ2) is 5.83. The summed E-state index contributed by atoms with van der Waals surface area (Å²) in [5.41, 5.74) is 0. The number of aromatic nitrogens is 1. The maximum atomic E-state index is 11.2. The Morgan fingerprint density at radius 1 is 1.65 bits per heavy atom. The van der Waals surface area contributed by atoms with Gasteiger partial charge in [-0.2, -0.15) is 0 Å². The van der Waals surface area contributed by atoms with Crippen LogP contribution in [0.1, 0.15) is 0 Å². The molecule has 1 aromatic rings. The van der Waals surface area contributed by atoms with E-state index in [0.29, 0.717) is 5.82 Å². The number of rotatable bonds is 5. The lowest BCUT2D eigenvalue weighted by Gasteiger charge is -2.15. The van der Waals surface area contributed by atoms with Crippen LogP contribution in [0.4, 0.5) is 5.82 Å². The van der Waals surface area contributed by atoms with Gasteiger partial charge in [0.25, 0.3) is 0 Å². The monoisotopic (exact) mass is 278 g/mol. The van der Waals surface area contributed by atoms with Crippen molar-refractivity contribution in [2.45, 2.75) is 0 Å². The van der Waals surface area contributed by atoms with Crippen molar-refractivity contribution in [2.75, 3.05) is 24.2 Å². The highest BCUT2D eigenvalue weighted by atomic mass is 35.5. The van der Waals surface area contributed by atoms with E-state index >= 15 is 0 Å². The molecule has 0 saturated carbocycles. The number of carbonyl (C=O) groups is 1. The van der Waals surface area contributed by atoms with E-state index in [1.807, 2.05) is 0 Å². The van der Waals surface area contributed by atoms with Crippen LogP contribution in [0.25, 0.3) is 0 Å². The molecule has 8 heteroatoms. The summed E-state index contributed by atoms with van der Waals surface area (Å²) in [6.07, 6.45) is 1.50. The summed E-state index contributed by atoms with van der Waals surface area (Å²) in [4.78, 5) is 14.3. The molecule has 1 aromatic heterocycles. The molecule has 0 aliphatic heterocycles. The highest BCUT2D eigenvalue weighted by Gasteiger charge is 2.11. The number of hydrogen-bond donors (Lipinski definition) is 1. The molecule has 0 fully saturated rings. The minimum atomic E-state index is -1.21. The van der Waals surface area contributed by atoms with Gasteiger partial charge in [-0.1, -0.05) is 11.6 Å². The largest absolute Gasteiger partial charge is 0.479 e. The quantitative estimate of drug-likeness (QED) is 0.811. The van der Waals surface area contributed by atoms with Gasteiger partial charge in [-0.25, -0.2) is 14.0 Å². The summed E-state index contributed by atoms with van der Waals surface area (Å²) in [5.74, 6) is -0.511. The van der Waals surface area contributed by atoms with Crippen molar-refractivity contribution in [3.8, 4) is 5.75 Å². The van der Waals surface area contributed by atoms with E-state index in [1.54, 1.807) is 13.1 Å². The van der Waals surface area contributed by atoms with Gasteiger partial charge in [-0.3, -0.25) is 4.31 Å². The summed E-state index contributed by atoms with van der Waals surface area (Å²) < 4.78 is 17.5. The molecule has 6 nitrogen and oxygen atoms in total. The Hall–Kier alpha value is -1.34. The Kier molecular flexibility index (Phi) is 4.71. The summed E-state index contributed by atoms with van der Waals surface area (Å²) in [6.45, 7) is -0.490. The molecule has 1 unspecified atom stereocenters. The van der Waals surface area contributed by atoms with E-state index in [9.17, 15) is 9.00 Å². The van der Waals surface area contributed by atoms with Crippen molar-refractivity contribution in [3.05, 3.63) is 17.3 Å². The Labute approximate surface area is 106 Å². The third-order valence-corrected chi connectivity index (χ3v) is 3.09. The minimum absolute atomic E-state index is 0.0288. The van der Waals surface area contributed by atoms with Gasteiger partial charge in [0, 0.05) is 13.3 Å². The van der Waals surface area contributed by atoms with Crippen LogP contribution in [0.15, 0.2) is 12.1 Å². The second-order valence-corrected chi connectivity index (χ2v) is 4.82. The first-order chi connectivity index (χ1) is 7.91. The second-order valence-electron chi connectivity index (χ2n) is 3.06. The summed E-state index contributed by atoms with van der Waals surface area (Å²) in [7, 11) is 0.394. The van der Waals surface area contributed by atoms with Crippen LogP contribution < -0.4 is 9.04 Å². The molecule has 0 aliphatic carbocycles. The third kappa shape index (κ3) is 3.86. The van der Waals surface area contributed by atoms with E-state index in [0.717, 1.165) is 0 Å². The number of ether oxygens (including phenoxy) is 1. The Morgan fingerprint density at radius 3 is 2.76 bits per heavy atom. The van der Waals surface area contributed by atoms with E-state index in [4.69, 9.17) is 21.4 Å². The Morgan fingerprint density at radius 2 is 2.29 bits per heavy atom. The number of hydrogen-bond acceptors (Lipinski definition) is 4. The van der Waals surface area contributed by atoms with E-state index in [-0.39, 0.29) is 10.9 Å². The minimum Gasteiger partial charge on any atom is -0.479 e. The normalized spacial score (nSPS) is 11.9.